The number of halogens is 4. The lowest BCUT2D eigenvalue weighted by molar-refractivity contribution is 0.280. The standard InChI is InChI=1S/C28H35F4Si/c1-2-13-33-14-11-20(12-15-33)4-3-19-5-7-21(8-6-19)22-9-10-24(25(29)16-22)23-17-26(30)28(32)27(31)18-23/h9-10,16-21H,2-8,11-15H2,1H3. The Hall–Kier alpha value is -1.62. The first kappa shape index (κ1) is 24.5. The van der Waals surface area contributed by atoms with E-state index in [1.165, 1.54) is 69.1 Å². The van der Waals surface area contributed by atoms with Crippen LogP contribution in [0, 0.1) is 35.1 Å². The van der Waals surface area contributed by atoms with Gasteiger partial charge in [-0.3, -0.25) is 0 Å². The summed E-state index contributed by atoms with van der Waals surface area (Å²) in [5, 5.41) is 0. The van der Waals surface area contributed by atoms with Crippen LogP contribution in [-0.4, -0.2) is 8.80 Å². The van der Waals surface area contributed by atoms with E-state index in [4.69, 9.17) is 0 Å². The summed E-state index contributed by atoms with van der Waals surface area (Å²) in [5.74, 6) is -2.58. The molecule has 1 heterocycles. The lowest BCUT2D eigenvalue weighted by Gasteiger charge is -2.32. The van der Waals surface area contributed by atoms with Crippen LogP contribution in [0.2, 0.25) is 18.1 Å². The van der Waals surface area contributed by atoms with Gasteiger partial charge in [-0.25, -0.2) is 17.6 Å². The zero-order valence-corrected chi connectivity index (χ0v) is 20.6. The van der Waals surface area contributed by atoms with Gasteiger partial charge in [0.25, 0.3) is 0 Å². The first-order chi connectivity index (χ1) is 15.9. The lowest BCUT2D eigenvalue weighted by Crippen LogP contribution is -2.22. The van der Waals surface area contributed by atoms with Crippen molar-refractivity contribution in [1.82, 2.24) is 0 Å². The maximum absolute atomic E-state index is 14.8. The minimum Gasteiger partial charge on any atom is -0.206 e. The minimum atomic E-state index is -1.53. The normalized spacial score (nSPS) is 22.6. The predicted molar refractivity (Wildman–Crippen MR) is 129 cm³/mol. The molecule has 0 N–H and O–H groups in total. The molecule has 1 saturated carbocycles. The molecule has 5 heteroatoms. The molecule has 33 heavy (non-hydrogen) atoms. The molecular weight excluding hydrogens is 440 g/mol. The molecule has 0 nitrogen and oxygen atoms in total. The molecule has 1 aliphatic heterocycles. The molecule has 0 atom stereocenters. The molecule has 2 aliphatic rings. The van der Waals surface area contributed by atoms with Gasteiger partial charge in [0, 0.05) is 14.4 Å². The van der Waals surface area contributed by atoms with E-state index in [-0.39, 0.29) is 19.9 Å². The second-order valence-electron chi connectivity index (χ2n) is 10.2. The summed E-state index contributed by atoms with van der Waals surface area (Å²) in [7, 11) is -0.0260. The largest absolute Gasteiger partial charge is 0.206 e. The van der Waals surface area contributed by atoms with Crippen LogP contribution < -0.4 is 0 Å². The fourth-order valence-corrected chi connectivity index (χ4v) is 9.05. The molecule has 4 rings (SSSR count). The first-order valence-corrected chi connectivity index (χ1v) is 14.8. The van der Waals surface area contributed by atoms with Crippen molar-refractivity contribution in [3.05, 3.63) is 59.2 Å². The van der Waals surface area contributed by atoms with Gasteiger partial charge < -0.3 is 0 Å². The van der Waals surface area contributed by atoms with Gasteiger partial charge >= 0.3 is 0 Å². The highest BCUT2D eigenvalue weighted by molar-refractivity contribution is 6.58. The number of benzene rings is 2. The molecule has 2 aromatic rings. The smallest absolute Gasteiger partial charge is 0.194 e. The molecular formula is C28H35F4Si. The maximum atomic E-state index is 14.8. The van der Waals surface area contributed by atoms with Crippen molar-refractivity contribution in [2.75, 3.05) is 0 Å². The second-order valence-corrected chi connectivity index (χ2v) is 13.2. The SMILES string of the molecule is CCC[Si]1CCC(CCC2CCC(c3ccc(-c4cc(F)c(F)c(F)c4)c(F)c3)CC2)CC1. The fourth-order valence-electron chi connectivity index (χ4n) is 5.96. The van der Waals surface area contributed by atoms with Crippen molar-refractivity contribution in [2.45, 2.75) is 88.8 Å². The van der Waals surface area contributed by atoms with Crippen LogP contribution in [0.4, 0.5) is 17.6 Å². The molecule has 0 aromatic heterocycles. The van der Waals surface area contributed by atoms with Gasteiger partial charge in [-0.15, -0.1) is 0 Å². The van der Waals surface area contributed by atoms with Crippen LogP contribution in [0.1, 0.15) is 76.2 Å². The van der Waals surface area contributed by atoms with E-state index in [0.29, 0.717) is 5.92 Å². The predicted octanol–water partition coefficient (Wildman–Crippen LogP) is 9.28. The summed E-state index contributed by atoms with van der Waals surface area (Å²) < 4.78 is 55.1. The van der Waals surface area contributed by atoms with Gasteiger partial charge in [-0.2, -0.15) is 0 Å². The van der Waals surface area contributed by atoms with Crippen molar-refractivity contribution in [3.8, 4) is 11.1 Å². The maximum Gasteiger partial charge on any atom is 0.194 e. The van der Waals surface area contributed by atoms with Crippen LogP contribution in [0.3, 0.4) is 0 Å². The third-order valence-corrected chi connectivity index (χ3v) is 11.2. The third kappa shape index (κ3) is 6.09. The van der Waals surface area contributed by atoms with Gasteiger partial charge in [0.05, 0.1) is 0 Å². The Kier molecular flexibility index (Phi) is 8.32. The lowest BCUT2D eigenvalue weighted by atomic mass is 9.76. The molecule has 0 bridgehead atoms. The Labute approximate surface area is 197 Å². The molecule has 1 saturated heterocycles. The van der Waals surface area contributed by atoms with Crippen molar-refractivity contribution < 1.29 is 17.6 Å². The summed E-state index contributed by atoms with van der Waals surface area (Å²) in [6.07, 6.45) is 11.5. The molecule has 0 amide bonds. The average molecular weight is 476 g/mol. The van der Waals surface area contributed by atoms with E-state index in [0.717, 1.165) is 42.4 Å². The Morgan fingerprint density at radius 1 is 0.758 bits per heavy atom. The molecule has 1 radical (unpaired) electrons. The van der Waals surface area contributed by atoms with Gasteiger partial charge in [0.2, 0.25) is 0 Å². The Morgan fingerprint density at radius 3 is 1.94 bits per heavy atom. The summed E-state index contributed by atoms with van der Waals surface area (Å²) in [6.45, 7) is 2.32. The topological polar surface area (TPSA) is 0 Å². The van der Waals surface area contributed by atoms with E-state index in [1.54, 1.807) is 6.07 Å². The van der Waals surface area contributed by atoms with E-state index in [2.05, 4.69) is 6.92 Å². The van der Waals surface area contributed by atoms with Gasteiger partial charge in [0.1, 0.15) is 5.82 Å². The fraction of sp³-hybridized carbons (Fsp3) is 0.571. The van der Waals surface area contributed by atoms with E-state index in [9.17, 15) is 17.6 Å². The number of hydrogen-bond acceptors (Lipinski definition) is 0. The molecule has 2 aromatic carbocycles. The molecule has 2 fully saturated rings. The molecule has 1 aliphatic carbocycles. The van der Waals surface area contributed by atoms with Crippen molar-refractivity contribution in [2.24, 2.45) is 11.8 Å². The molecule has 0 spiro atoms. The molecule has 179 valence electrons. The van der Waals surface area contributed by atoms with E-state index in [1.807, 2.05) is 6.07 Å². The zero-order valence-electron chi connectivity index (χ0n) is 19.6. The van der Waals surface area contributed by atoms with Crippen molar-refractivity contribution >= 4 is 8.80 Å². The van der Waals surface area contributed by atoms with Crippen LogP contribution in [-0.2, 0) is 0 Å². The van der Waals surface area contributed by atoms with E-state index < -0.39 is 23.3 Å². The minimum absolute atomic E-state index is 0.0184. The quantitative estimate of drug-likeness (QED) is 0.213. The number of hydrogen-bond donors (Lipinski definition) is 0. The van der Waals surface area contributed by atoms with Gasteiger partial charge in [-0.1, -0.05) is 69.3 Å². The van der Waals surface area contributed by atoms with Gasteiger partial charge in [-0.05, 0) is 72.8 Å². The highest BCUT2D eigenvalue weighted by atomic mass is 28.3. The first-order valence-electron chi connectivity index (χ1n) is 12.7. The van der Waals surface area contributed by atoms with Crippen molar-refractivity contribution in [1.29, 1.82) is 0 Å². The molecule has 0 unspecified atom stereocenters. The highest BCUT2D eigenvalue weighted by Gasteiger charge is 2.26. The summed E-state index contributed by atoms with van der Waals surface area (Å²) in [6, 6.07) is 11.2. The second kappa shape index (κ2) is 11.2. The average Bonchev–Trinajstić information content (AvgIpc) is 2.82. The number of rotatable bonds is 7. The Balaban J connectivity index is 1.28. The Bertz CT molecular complexity index is 904. The zero-order chi connectivity index (χ0) is 23.4. The summed E-state index contributed by atoms with van der Waals surface area (Å²) in [5.41, 5.74) is 1.07. The summed E-state index contributed by atoms with van der Waals surface area (Å²) in [4.78, 5) is 0. The highest BCUT2D eigenvalue weighted by Crippen LogP contribution is 2.40. The summed E-state index contributed by atoms with van der Waals surface area (Å²) >= 11 is 0. The monoisotopic (exact) mass is 475 g/mol. The van der Waals surface area contributed by atoms with Crippen LogP contribution in [0.15, 0.2) is 30.3 Å². The van der Waals surface area contributed by atoms with Crippen LogP contribution >= 0.6 is 0 Å². The van der Waals surface area contributed by atoms with Crippen LogP contribution in [0.25, 0.3) is 11.1 Å². The Morgan fingerprint density at radius 2 is 1.36 bits per heavy atom. The van der Waals surface area contributed by atoms with Crippen LogP contribution in [0.5, 0.6) is 0 Å². The third-order valence-electron chi connectivity index (χ3n) is 8.01. The van der Waals surface area contributed by atoms with Crippen molar-refractivity contribution in [3.63, 3.8) is 0 Å². The van der Waals surface area contributed by atoms with Gasteiger partial charge in [0.15, 0.2) is 17.5 Å². The van der Waals surface area contributed by atoms with E-state index >= 15 is 0 Å².